The first-order valence-electron chi connectivity index (χ1n) is 8.44. The smallest absolute Gasteiger partial charge is 0.317 e. The Kier molecular flexibility index (Phi) is 4.57. The third kappa shape index (κ3) is 3.37. The van der Waals surface area contributed by atoms with Crippen molar-refractivity contribution in [2.45, 2.75) is 51.0 Å². The summed E-state index contributed by atoms with van der Waals surface area (Å²) < 4.78 is 5.68. The number of carboxylic acid groups (broad SMARTS) is 1. The van der Waals surface area contributed by atoms with E-state index in [4.69, 9.17) is 9.84 Å². The molecular formula is C16H26N2O4. The number of nitrogens with one attached hydrogen (secondary N) is 1. The van der Waals surface area contributed by atoms with E-state index in [2.05, 4.69) is 5.32 Å². The molecule has 3 rings (SSSR count). The first-order valence-corrected chi connectivity index (χ1v) is 8.44. The summed E-state index contributed by atoms with van der Waals surface area (Å²) in [5.74, 6) is -0.945. The van der Waals surface area contributed by atoms with Crippen LogP contribution in [0.25, 0.3) is 0 Å². The van der Waals surface area contributed by atoms with E-state index in [-0.39, 0.29) is 23.4 Å². The number of carbonyl (C=O) groups is 2. The van der Waals surface area contributed by atoms with E-state index in [9.17, 15) is 9.59 Å². The maximum absolute atomic E-state index is 12.5. The van der Waals surface area contributed by atoms with Gasteiger partial charge in [0.2, 0.25) is 0 Å². The predicted octanol–water partition coefficient (Wildman–Crippen LogP) is 1.84. The van der Waals surface area contributed by atoms with E-state index >= 15 is 0 Å². The molecule has 2 N–H and O–H groups in total. The van der Waals surface area contributed by atoms with Crippen LogP contribution in [0.15, 0.2) is 0 Å². The van der Waals surface area contributed by atoms with Crippen LogP contribution in [0.4, 0.5) is 4.79 Å². The quantitative estimate of drug-likeness (QED) is 0.816. The minimum atomic E-state index is -0.707. The van der Waals surface area contributed by atoms with Gasteiger partial charge in [-0.05, 0) is 38.5 Å². The highest BCUT2D eigenvalue weighted by molar-refractivity contribution is 5.75. The van der Waals surface area contributed by atoms with Crippen molar-refractivity contribution in [3.05, 3.63) is 0 Å². The fraction of sp³-hybridized carbons (Fsp3) is 0.875. The predicted molar refractivity (Wildman–Crippen MR) is 80.6 cm³/mol. The van der Waals surface area contributed by atoms with Gasteiger partial charge in [-0.25, -0.2) is 4.79 Å². The van der Waals surface area contributed by atoms with Crippen molar-refractivity contribution in [3.8, 4) is 0 Å². The molecule has 0 aromatic rings. The molecule has 1 spiro atoms. The summed E-state index contributed by atoms with van der Waals surface area (Å²) in [6.45, 7) is 2.84. The Morgan fingerprint density at radius 3 is 2.50 bits per heavy atom. The maximum atomic E-state index is 12.5. The van der Waals surface area contributed by atoms with Crippen LogP contribution in [-0.4, -0.2) is 54.4 Å². The minimum absolute atomic E-state index is 0.00412. The number of hydrogen-bond acceptors (Lipinski definition) is 3. The molecule has 2 aliphatic carbocycles. The molecule has 0 aromatic carbocycles. The average Bonchev–Trinajstić information content (AvgIpc) is 2.70. The fourth-order valence-electron chi connectivity index (χ4n) is 3.90. The number of hydrogen-bond donors (Lipinski definition) is 2. The summed E-state index contributed by atoms with van der Waals surface area (Å²) in [6.07, 6.45) is 6.38. The topological polar surface area (TPSA) is 78.9 Å². The van der Waals surface area contributed by atoms with Gasteiger partial charge in [-0.3, -0.25) is 4.79 Å². The molecule has 2 amide bonds. The second-order valence-electron chi connectivity index (χ2n) is 7.16. The van der Waals surface area contributed by atoms with Crippen LogP contribution in [0, 0.1) is 11.3 Å². The number of amides is 2. The van der Waals surface area contributed by atoms with Gasteiger partial charge in [-0.15, -0.1) is 0 Å². The highest BCUT2D eigenvalue weighted by Crippen LogP contribution is 2.42. The van der Waals surface area contributed by atoms with Crippen molar-refractivity contribution in [2.24, 2.45) is 11.3 Å². The SMILES string of the molecule is O=C(O)C1CCC(NC(=O)N2CCOCC3(CCC3)C2)CC1. The molecule has 0 atom stereocenters. The lowest BCUT2D eigenvalue weighted by atomic mass is 9.69. The Labute approximate surface area is 131 Å². The zero-order valence-electron chi connectivity index (χ0n) is 13.1. The lowest BCUT2D eigenvalue weighted by Crippen LogP contribution is -2.51. The van der Waals surface area contributed by atoms with Crippen molar-refractivity contribution >= 4 is 12.0 Å². The number of urea groups is 1. The van der Waals surface area contributed by atoms with E-state index in [1.54, 1.807) is 0 Å². The molecule has 2 saturated carbocycles. The van der Waals surface area contributed by atoms with E-state index in [0.29, 0.717) is 26.0 Å². The van der Waals surface area contributed by atoms with Gasteiger partial charge in [0.25, 0.3) is 0 Å². The Balaban J connectivity index is 1.50. The summed E-state index contributed by atoms with van der Waals surface area (Å²) >= 11 is 0. The number of ether oxygens (including phenoxy) is 1. The van der Waals surface area contributed by atoms with Crippen LogP contribution in [0.3, 0.4) is 0 Å². The highest BCUT2D eigenvalue weighted by Gasteiger charge is 2.41. The molecule has 0 bridgehead atoms. The van der Waals surface area contributed by atoms with Gasteiger partial charge >= 0.3 is 12.0 Å². The van der Waals surface area contributed by atoms with Crippen molar-refractivity contribution in [3.63, 3.8) is 0 Å². The summed E-state index contributed by atoms with van der Waals surface area (Å²) in [5, 5.41) is 12.1. The number of aliphatic carboxylic acids is 1. The zero-order chi connectivity index (χ0) is 15.6. The molecule has 6 heteroatoms. The third-order valence-electron chi connectivity index (χ3n) is 5.55. The molecule has 1 saturated heterocycles. The Bertz CT molecular complexity index is 428. The lowest BCUT2D eigenvalue weighted by molar-refractivity contribution is -0.142. The molecule has 3 fully saturated rings. The Hall–Kier alpha value is -1.30. The molecule has 6 nitrogen and oxygen atoms in total. The van der Waals surface area contributed by atoms with E-state index in [1.165, 1.54) is 6.42 Å². The van der Waals surface area contributed by atoms with Crippen LogP contribution in [0.2, 0.25) is 0 Å². The maximum Gasteiger partial charge on any atom is 0.317 e. The van der Waals surface area contributed by atoms with Gasteiger partial charge in [0.15, 0.2) is 0 Å². The summed E-state index contributed by atoms with van der Waals surface area (Å²) in [7, 11) is 0. The molecule has 22 heavy (non-hydrogen) atoms. The molecule has 1 aliphatic heterocycles. The fourth-order valence-corrected chi connectivity index (χ4v) is 3.90. The highest BCUT2D eigenvalue weighted by atomic mass is 16.5. The van der Waals surface area contributed by atoms with Gasteiger partial charge in [0.05, 0.1) is 19.1 Å². The number of nitrogens with zero attached hydrogens (tertiary/aromatic N) is 1. The van der Waals surface area contributed by atoms with Crippen molar-refractivity contribution in [1.29, 1.82) is 0 Å². The molecule has 3 aliphatic rings. The second-order valence-corrected chi connectivity index (χ2v) is 7.16. The Morgan fingerprint density at radius 1 is 1.18 bits per heavy atom. The number of rotatable bonds is 2. The van der Waals surface area contributed by atoms with Gasteiger partial charge in [0.1, 0.15) is 0 Å². The normalized spacial score (nSPS) is 31.2. The summed E-state index contributed by atoms with van der Waals surface area (Å²) in [6, 6.07) is 0.111. The van der Waals surface area contributed by atoms with Crippen LogP contribution in [-0.2, 0) is 9.53 Å². The van der Waals surface area contributed by atoms with Crippen LogP contribution in [0.1, 0.15) is 44.9 Å². The first kappa shape index (κ1) is 15.6. The van der Waals surface area contributed by atoms with Crippen LogP contribution >= 0.6 is 0 Å². The van der Waals surface area contributed by atoms with E-state index < -0.39 is 5.97 Å². The molecule has 1 heterocycles. The van der Waals surface area contributed by atoms with Crippen LogP contribution < -0.4 is 5.32 Å². The molecule has 124 valence electrons. The third-order valence-corrected chi connectivity index (χ3v) is 5.55. The molecule has 0 radical (unpaired) electrons. The monoisotopic (exact) mass is 310 g/mol. The first-order chi connectivity index (χ1) is 10.6. The van der Waals surface area contributed by atoms with Gasteiger partial charge in [0, 0.05) is 24.5 Å². The van der Waals surface area contributed by atoms with Crippen molar-refractivity contribution < 1.29 is 19.4 Å². The summed E-state index contributed by atoms with van der Waals surface area (Å²) in [5.41, 5.74) is 0.189. The molecule has 0 aromatic heterocycles. The average molecular weight is 310 g/mol. The molecular weight excluding hydrogens is 284 g/mol. The number of carbonyl (C=O) groups excluding carboxylic acids is 1. The van der Waals surface area contributed by atoms with E-state index in [0.717, 1.165) is 38.8 Å². The van der Waals surface area contributed by atoms with Gasteiger partial charge in [-0.1, -0.05) is 6.42 Å². The number of carboxylic acids is 1. The van der Waals surface area contributed by atoms with Gasteiger partial charge < -0.3 is 20.1 Å². The standard InChI is InChI=1S/C16H26N2O4/c19-14(20)12-2-4-13(5-3-12)17-15(21)18-8-9-22-11-16(10-18)6-1-7-16/h12-13H,1-11H2,(H,17,21)(H,19,20). The molecule has 0 unspecified atom stereocenters. The van der Waals surface area contributed by atoms with Gasteiger partial charge in [-0.2, -0.15) is 0 Å². The second kappa shape index (κ2) is 6.44. The lowest BCUT2D eigenvalue weighted by Gasteiger charge is -2.43. The Morgan fingerprint density at radius 2 is 1.91 bits per heavy atom. The largest absolute Gasteiger partial charge is 0.481 e. The van der Waals surface area contributed by atoms with Crippen molar-refractivity contribution in [1.82, 2.24) is 10.2 Å². The minimum Gasteiger partial charge on any atom is -0.481 e. The zero-order valence-corrected chi connectivity index (χ0v) is 13.1. The summed E-state index contributed by atoms with van der Waals surface area (Å²) in [4.78, 5) is 25.4. The van der Waals surface area contributed by atoms with Crippen molar-refractivity contribution in [2.75, 3.05) is 26.3 Å². The van der Waals surface area contributed by atoms with Crippen LogP contribution in [0.5, 0.6) is 0 Å². The van der Waals surface area contributed by atoms with E-state index in [1.807, 2.05) is 4.90 Å².